The van der Waals surface area contributed by atoms with Crippen LogP contribution in [0.1, 0.15) is 19.4 Å². The highest BCUT2D eigenvalue weighted by atomic mass is 16.5. The third kappa shape index (κ3) is 5.02. The maximum absolute atomic E-state index is 12.2. The van der Waals surface area contributed by atoms with Crippen LogP contribution < -0.4 is 25.0 Å². The van der Waals surface area contributed by atoms with Crippen molar-refractivity contribution in [2.75, 3.05) is 37.5 Å². The molecule has 0 spiro atoms. The maximum atomic E-state index is 12.2. The fraction of sp³-hybridized carbons (Fsp3) is 0.368. The van der Waals surface area contributed by atoms with Crippen LogP contribution in [0.3, 0.4) is 0 Å². The number of hydrogen-bond acceptors (Lipinski definition) is 5. The number of anilines is 2. The lowest BCUT2D eigenvalue weighted by Crippen LogP contribution is -2.28. The number of ether oxygens (including phenoxy) is 2. The number of methoxy groups -OCH3 is 2. The van der Waals surface area contributed by atoms with Gasteiger partial charge in [0.2, 0.25) is 0 Å². The minimum Gasteiger partial charge on any atom is -0.497 e. The van der Waals surface area contributed by atoms with Gasteiger partial charge >= 0.3 is 6.03 Å². The summed E-state index contributed by atoms with van der Waals surface area (Å²) in [7, 11) is 3.12. The number of nitrogens with one attached hydrogen (secondary N) is 2. The average molecular weight is 358 g/mol. The van der Waals surface area contributed by atoms with Gasteiger partial charge in [-0.2, -0.15) is 0 Å². The molecule has 2 aromatic rings. The summed E-state index contributed by atoms with van der Waals surface area (Å²) in [5.41, 5.74) is 1.56. The van der Waals surface area contributed by atoms with E-state index in [1.165, 1.54) is 0 Å². The van der Waals surface area contributed by atoms with Crippen molar-refractivity contribution >= 4 is 17.5 Å². The predicted octanol–water partition coefficient (Wildman–Crippen LogP) is 3.27. The molecule has 7 nitrogen and oxygen atoms in total. The molecule has 0 fully saturated rings. The molecular weight excluding hydrogens is 332 g/mol. The van der Waals surface area contributed by atoms with Gasteiger partial charge in [0.1, 0.15) is 17.3 Å². The van der Waals surface area contributed by atoms with Gasteiger partial charge in [-0.1, -0.05) is 0 Å². The van der Waals surface area contributed by atoms with E-state index < -0.39 is 0 Å². The molecule has 0 unspecified atom stereocenters. The molecule has 0 aliphatic carbocycles. The van der Waals surface area contributed by atoms with Crippen LogP contribution in [-0.2, 0) is 6.54 Å². The van der Waals surface area contributed by atoms with Crippen molar-refractivity contribution in [3.63, 3.8) is 0 Å². The SMILES string of the molecule is CCN(CC)c1cc(CNC(=O)Nc2ccc(OC)cc2OC)ccn1. The van der Waals surface area contributed by atoms with Crippen molar-refractivity contribution in [3.05, 3.63) is 42.1 Å². The molecule has 2 N–H and O–H groups in total. The third-order valence-electron chi connectivity index (χ3n) is 4.01. The number of carbonyl (C=O) groups excluding carboxylic acids is 1. The Kier molecular flexibility index (Phi) is 7.08. The second-order valence-corrected chi connectivity index (χ2v) is 5.57. The molecule has 0 bridgehead atoms. The molecule has 2 amide bonds. The van der Waals surface area contributed by atoms with Crippen LogP contribution in [0.4, 0.5) is 16.3 Å². The monoisotopic (exact) mass is 358 g/mol. The molecule has 140 valence electrons. The Hall–Kier alpha value is -2.96. The summed E-state index contributed by atoms with van der Waals surface area (Å²) >= 11 is 0. The van der Waals surface area contributed by atoms with E-state index in [9.17, 15) is 4.79 Å². The lowest BCUT2D eigenvalue weighted by atomic mass is 10.2. The lowest BCUT2D eigenvalue weighted by Gasteiger charge is -2.20. The van der Waals surface area contributed by atoms with Crippen LogP contribution in [0.2, 0.25) is 0 Å². The molecular formula is C19H26N4O3. The van der Waals surface area contributed by atoms with E-state index in [1.807, 2.05) is 12.1 Å². The molecule has 0 aliphatic heterocycles. The summed E-state index contributed by atoms with van der Waals surface area (Å²) in [6.45, 7) is 6.36. The number of nitrogens with zero attached hydrogens (tertiary/aromatic N) is 2. The van der Waals surface area contributed by atoms with Gasteiger partial charge in [-0.25, -0.2) is 9.78 Å². The molecule has 0 aliphatic rings. The normalized spacial score (nSPS) is 10.2. The molecule has 1 aromatic carbocycles. The summed E-state index contributed by atoms with van der Waals surface area (Å²) in [5, 5.41) is 5.63. The average Bonchev–Trinajstić information content (AvgIpc) is 2.68. The van der Waals surface area contributed by atoms with Gasteiger partial charge in [-0.15, -0.1) is 0 Å². The van der Waals surface area contributed by atoms with Crippen LogP contribution in [0.15, 0.2) is 36.5 Å². The van der Waals surface area contributed by atoms with Gasteiger partial charge in [-0.05, 0) is 43.7 Å². The number of pyridine rings is 1. The van der Waals surface area contributed by atoms with Crippen LogP contribution in [0, 0.1) is 0 Å². The summed E-state index contributed by atoms with van der Waals surface area (Å²) < 4.78 is 10.4. The van der Waals surface area contributed by atoms with Crippen molar-refractivity contribution in [2.45, 2.75) is 20.4 Å². The van der Waals surface area contributed by atoms with Gasteiger partial charge in [0.05, 0.1) is 19.9 Å². The minimum atomic E-state index is -0.310. The maximum Gasteiger partial charge on any atom is 0.319 e. The summed E-state index contributed by atoms with van der Waals surface area (Å²) in [5.74, 6) is 2.10. The Labute approximate surface area is 154 Å². The van der Waals surface area contributed by atoms with Crippen molar-refractivity contribution < 1.29 is 14.3 Å². The van der Waals surface area contributed by atoms with Crippen LogP contribution in [0.25, 0.3) is 0 Å². The van der Waals surface area contributed by atoms with Crippen molar-refractivity contribution in [3.8, 4) is 11.5 Å². The predicted molar refractivity (Wildman–Crippen MR) is 103 cm³/mol. The molecule has 0 atom stereocenters. The van der Waals surface area contributed by atoms with Crippen molar-refractivity contribution in [1.82, 2.24) is 10.3 Å². The first-order valence-corrected chi connectivity index (χ1v) is 8.58. The molecule has 2 rings (SSSR count). The van der Waals surface area contributed by atoms with Gasteiger partial charge < -0.3 is 25.0 Å². The van der Waals surface area contributed by atoms with Crippen LogP contribution in [-0.4, -0.2) is 38.3 Å². The van der Waals surface area contributed by atoms with Gasteiger partial charge in [0, 0.05) is 31.9 Å². The number of amides is 2. The highest BCUT2D eigenvalue weighted by molar-refractivity contribution is 5.91. The number of benzene rings is 1. The summed E-state index contributed by atoms with van der Waals surface area (Å²) in [6.07, 6.45) is 1.76. The van der Waals surface area contributed by atoms with Crippen LogP contribution in [0.5, 0.6) is 11.5 Å². The zero-order valence-corrected chi connectivity index (χ0v) is 15.7. The largest absolute Gasteiger partial charge is 0.497 e. The molecule has 0 radical (unpaired) electrons. The zero-order valence-electron chi connectivity index (χ0n) is 15.7. The number of carbonyl (C=O) groups is 1. The Balaban J connectivity index is 1.98. The number of rotatable bonds is 8. The molecule has 1 heterocycles. The second-order valence-electron chi connectivity index (χ2n) is 5.57. The zero-order chi connectivity index (χ0) is 18.9. The molecule has 0 saturated heterocycles. The first kappa shape index (κ1) is 19.4. The number of urea groups is 1. The molecule has 7 heteroatoms. The fourth-order valence-electron chi connectivity index (χ4n) is 2.54. The van der Waals surface area contributed by atoms with E-state index >= 15 is 0 Å². The fourth-order valence-corrected chi connectivity index (χ4v) is 2.54. The van der Waals surface area contributed by atoms with E-state index in [-0.39, 0.29) is 6.03 Å². The lowest BCUT2D eigenvalue weighted by molar-refractivity contribution is 0.251. The third-order valence-corrected chi connectivity index (χ3v) is 4.01. The highest BCUT2D eigenvalue weighted by Crippen LogP contribution is 2.28. The highest BCUT2D eigenvalue weighted by Gasteiger charge is 2.09. The van der Waals surface area contributed by atoms with Crippen molar-refractivity contribution in [1.29, 1.82) is 0 Å². The number of aromatic nitrogens is 1. The first-order valence-electron chi connectivity index (χ1n) is 8.58. The topological polar surface area (TPSA) is 75.7 Å². The Morgan fingerprint density at radius 2 is 1.88 bits per heavy atom. The Bertz CT molecular complexity index is 732. The molecule has 26 heavy (non-hydrogen) atoms. The molecule has 1 aromatic heterocycles. The van der Waals surface area contributed by atoms with Gasteiger partial charge in [-0.3, -0.25) is 0 Å². The van der Waals surface area contributed by atoms with Crippen molar-refractivity contribution in [2.24, 2.45) is 0 Å². The summed E-state index contributed by atoms with van der Waals surface area (Å²) in [4.78, 5) is 18.7. The van der Waals surface area contributed by atoms with Crippen LogP contribution >= 0.6 is 0 Å². The first-order chi connectivity index (χ1) is 12.6. The van der Waals surface area contributed by atoms with E-state index in [0.29, 0.717) is 23.7 Å². The standard InChI is InChI=1S/C19H26N4O3/c1-5-23(6-2)18-11-14(9-10-20-18)13-21-19(24)22-16-8-7-15(25-3)12-17(16)26-4/h7-12H,5-6,13H2,1-4H3,(H2,21,22,24). The Morgan fingerprint density at radius 3 is 2.54 bits per heavy atom. The quantitative estimate of drug-likeness (QED) is 0.757. The number of hydrogen-bond donors (Lipinski definition) is 2. The second kappa shape index (κ2) is 9.50. The summed E-state index contributed by atoms with van der Waals surface area (Å²) in [6, 6.07) is 8.78. The smallest absolute Gasteiger partial charge is 0.319 e. The minimum absolute atomic E-state index is 0.310. The van der Waals surface area contributed by atoms with E-state index in [4.69, 9.17) is 9.47 Å². The van der Waals surface area contributed by atoms with Gasteiger partial charge in [0.25, 0.3) is 0 Å². The van der Waals surface area contributed by atoms with E-state index in [2.05, 4.69) is 34.4 Å². The Morgan fingerprint density at radius 1 is 1.12 bits per heavy atom. The van der Waals surface area contributed by atoms with E-state index in [0.717, 1.165) is 24.5 Å². The van der Waals surface area contributed by atoms with Gasteiger partial charge in [0.15, 0.2) is 0 Å². The van der Waals surface area contributed by atoms with E-state index in [1.54, 1.807) is 38.6 Å². The molecule has 0 saturated carbocycles.